The second-order valence-corrected chi connectivity index (χ2v) is 6.46. The summed E-state index contributed by atoms with van der Waals surface area (Å²) in [4.78, 5) is 5.74. The Morgan fingerprint density at radius 1 is 0.931 bits per heavy atom. The summed E-state index contributed by atoms with van der Waals surface area (Å²) in [6.07, 6.45) is -10.3. The van der Waals surface area contributed by atoms with Crippen LogP contribution in [0.4, 0.5) is 32.2 Å². The molecular weight excluding hydrogens is 467 g/mol. The number of anilines is 1. The van der Waals surface area contributed by atoms with Crippen LogP contribution < -0.4 is 5.32 Å². The Morgan fingerprint density at radius 2 is 1.41 bits per heavy atom. The standard InChI is InChI=1S/C15H8Cl3F6N3.C2H6/c1-5-11(14(19,20)21)26-13(15(22,23)24)27-12(5)25-6(2)10-8(17)3-7(16)4-9(10)18;1-2/h3-4H,2H2,1H3,(H,25,26,27);1-2H3. The number of halogens is 9. The maximum Gasteiger partial charge on any atom is 0.451 e. The topological polar surface area (TPSA) is 37.8 Å². The van der Waals surface area contributed by atoms with Crippen molar-refractivity contribution in [3.05, 3.63) is 56.4 Å². The largest absolute Gasteiger partial charge is 0.451 e. The molecule has 0 bridgehead atoms. The van der Waals surface area contributed by atoms with E-state index in [1.807, 2.05) is 13.8 Å². The van der Waals surface area contributed by atoms with E-state index in [9.17, 15) is 26.3 Å². The van der Waals surface area contributed by atoms with Crippen molar-refractivity contribution in [1.82, 2.24) is 9.97 Å². The minimum absolute atomic E-state index is 0.0104. The highest BCUT2D eigenvalue weighted by Gasteiger charge is 2.42. The number of benzene rings is 1. The Kier molecular flexibility index (Phi) is 8.21. The van der Waals surface area contributed by atoms with Gasteiger partial charge in [0.2, 0.25) is 5.82 Å². The molecule has 3 nitrogen and oxygen atoms in total. The number of aromatic nitrogens is 2. The van der Waals surface area contributed by atoms with Gasteiger partial charge in [0.25, 0.3) is 0 Å². The summed E-state index contributed by atoms with van der Waals surface area (Å²) < 4.78 is 77.9. The second kappa shape index (κ2) is 9.40. The van der Waals surface area contributed by atoms with Crippen LogP contribution in [0.15, 0.2) is 18.7 Å². The van der Waals surface area contributed by atoms with Crippen LogP contribution in [0, 0.1) is 6.92 Å². The van der Waals surface area contributed by atoms with Crippen molar-refractivity contribution in [3.63, 3.8) is 0 Å². The second-order valence-electron chi connectivity index (χ2n) is 5.21. The van der Waals surface area contributed by atoms with Gasteiger partial charge in [-0.1, -0.05) is 55.2 Å². The van der Waals surface area contributed by atoms with Gasteiger partial charge in [-0.2, -0.15) is 26.3 Å². The van der Waals surface area contributed by atoms with E-state index in [4.69, 9.17) is 34.8 Å². The third-order valence-corrected chi connectivity index (χ3v) is 4.06. The smallest absolute Gasteiger partial charge is 0.340 e. The van der Waals surface area contributed by atoms with Gasteiger partial charge in [0.1, 0.15) is 5.82 Å². The van der Waals surface area contributed by atoms with Crippen LogP contribution >= 0.6 is 34.8 Å². The molecule has 0 aliphatic rings. The lowest BCUT2D eigenvalue weighted by atomic mass is 10.1. The highest BCUT2D eigenvalue weighted by molar-refractivity contribution is 6.40. The molecule has 12 heteroatoms. The van der Waals surface area contributed by atoms with Crippen LogP contribution in [0.3, 0.4) is 0 Å². The summed E-state index contributed by atoms with van der Waals surface area (Å²) in [6, 6.07) is 2.57. The number of nitrogens with zero attached hydrogens (tertiary/aromatic N) is 2. The van der Waals surface area contributed by atoms with Crippen LogP contribution in [-0.2, 0) is 12.4 Å². The van der Waals surface area contributed by atoms with Gasteiger partial charge >= 0.3 is 12.4 Å². The molecule has 1 aromatic heterocycles. The van der Waals surface area contributed by atoms with Crippen LogP contribution in [0.5, 0.6) is 0 Å². The molecule has 1 heterocycles. The van der Waals surface area contributed by atoms with E-state index >= 15 is 0 Å². The van der Waals surface area contributed by atoms with Crippen molar-refractivity contribution in [3.8, 4) is 0 Å². The number of hydrogen-bond donors (Lipinski definition) is 1. The van der Waals surface area contributed by atoms with E-state index in [-0.39, 0.29) is 26.3 Å². The van der Waals surface area contributed by atoms with Crippen LogP contribution in [0.2, 0.25) is 15.1 Å². The van der Waals surface area contributed by atoms with Crippen molar-refractivity contribution in [1.29, 1.82) is 0 Å². The molecule has 0 unspecified atom stereocenters. The minimum atomic E-state index is -5.19. The fourth-order valence-corrected chi connectivity index (χ4v) is 3.12. The molecule has 2 rings (SSSR count). The third-order valence-electron chi connectivity index (χ3n) is 3.25. The number of rotatable bonds is 3. The zero-order chi connectivity index (χ0) is 22.7. The molecule has 0 aliphatic carbocycles. The first-order valence-corrected chi connectivity index (χ1v) is 8.99. The Labute approximate surface area is 177 Å². The van der Waals surface area contributed by atoms with Gasteiger partial charge in [-0.3, -0.25) is 0 Å². The van der Waals surface area contributed by atoms with E-state index in [0.29, 0.717) is 0 Å². The van der Waals surface area contributed by atoms with Gasteiger partial charge in [-0.25, -0.2) is 9.97 Å². The quantitative estimate of drug-likeness (QED) is 0.454. The summed E-state index contributed by atoms with van der Waals surface area (Å²) in [5, 5.41) is 2.45. The van der Waals surface area contributed by atoms with Crippen LogP contribution in [0.1, 0.15) is 36.5 Å². The molecule has 160 valence electrons. The van der Waals surface area contributed by atoms with Crippen molar-refractivity contribution in [2.24, 2.45) is 0 Å². The first-order chi connectivity index (χ1) is 13.2. The lowest BCUT2D eigenvalue weighted by Gasteiger charge is -2.18. The molecule has 2 aromatic rings. The van der Waals surface area contributed by atoms with Gasteiger partial charge in [-0.05, 0) is 19.1 Å². The zero-order valence-corrected chi connectivity index (χ0v) is 17.4. The number of hydrogen-bond acceptors (Lipinski definition) is 3. The van der Waals surface area contributed by atoms with E-state index in [2.05, 4.69) is 21.9 Å². The van der Waals surface area contributed by atoms with Crippen LogP contribution in [-0.4, -0.2) is 9.97 Å². The highest BCUT2D eigenvalue weighted by Crippen LogP contribution is 2.38. The van der Waals surface area contributed by atoms with E-state index in [0.717, 1.165) is 6.92 Å². The predicted octanol–water partition coefficient (Wildman–Crippen LogP) is 7.89. The normalized spacial score (nSPS) is 11.6. The maximum absolute atomic E-state index is 13.1. The zero-order valence-electron chi connectivity index (χ0n) is 15.2. The molecule has 0 spiro atoms. The first kappa shape index (κ1) is 25.3. The summed E-state index contributed by atoms with van der Waals surface area (Å²) in [6.45, 7) is 8.47. The highest BCUT2D eigenvalue weighted by atomic mass is 35.5. The molecule has 1 N–H and O–H groups in total. The van der Waals surface area contributed by atoms with Crippen molar-refractivity contribution >= 4 is 46.3 Å². The van der Waals surface area contributed by atoms with Gasteiger partial charge in [0.05, 0.1) is 10.0 Å². The number of alkyl halides is 6. The summed E-state index contributed by atoms with van der Waals surface area (Å²) in [5.74, 6) is -2.69. The number of nitrogens with one attached hydrogen (secondary N) is 1. The van der Waals surface area contributed by atoms with Gasteiger partial charge in [-0.15, -0.1) is 0 Å². The molecule has 0 saturated heterocycles. The predicted molar refractivity (Wildman–Crippen MR) is 102 cm³/mol. The molecule has 0 atom stereocenters. The molecule has 1 aromatic carbocycles. The van der Waals surface area contributed by atoms with Crippen molar-refractivity contribution in [2.75, 3.05) is 5.32 Å². The Hall–Kier alpha value is -1.71. The van der Waals surface area contributed by atoms with Gasteiger partial charge < -0.3 is 5.32 Å². The average molecular weight is 481 g/mol. The third kappa shape index (κ3) is 6.13. The minimum Gasteiger partial charge on any atom is -0.340 e. The van der Waals surface area contributed by atoms with Crippen molar-refractivity contribution < 1.29 is 26.3 Å². The fourth-order valence-electron chi connectivity index (χ4n) is 2.08. The molecular formula is C17H14Cl3F6N3. The van der Waals surface area contributed by atoms with E-state index in [1.54, 1.807) is 0 Å². The molecule has 29 heavy (non-hydrogen) atoms. The molecule has 0 amide bonds. The van der Waals surface area contributed by atoms with Crippen molar-refractivity contribution in [2.45, 2.75) is 33.1 Å². The molecule has 0 radical (unpaired) electrons. The summed E-state index contributed by atoms with van der Waals surface area (Å²) in [5.41, 5.74) is -2.51. The molecule has 0 aliphatic heterocycles. The average Bonchev–Trinajstić information content (AvgIpc) is 2.55. The van der Waals surface area contributed by atoms with E-state index < -0.39 is 35.3 Å². The monoisotopic (exact) mass is 479 g/mol. The lowest BCUT2D eigenvalue weighted by Crippen LogP contribution is -2.20. The molecule has 0 fully saturated rings. The maximum atomic E-state index is 13.1. The van der Waals surface area contributed by atoms with E-state index in [1.165, 1.54) is 12.1 Å². The van der Waals surface area contributed by atoms with Gasteiger partial charge in [0.15, 0.2) is 5.69 Å². The Morgan fingerprint density at radius 3 is 1.83 bits per heavy atom. The fraction of sp³-hybridized carbons (Fsp3) is 0.294. The Bertz CT molecular complexity index is 888. The summed E-state index contributed by atoms with van der Waals surface area (Å²) in [7, 11) is 0. The summed E-state index contributed by atoms with van der Waals surface area (Å²) >= 11 is 17.7. The van der Waals surface area contributed by atoms with Gasteiger partial charge in [0, 0.05) is 21.8 Å². The lowest BCUT2D eigenvalue weighted by molar-refractivity contribution is -0.152. The SMILES string of the molecule is C=C(Nc1nc(C(F)(F)F)nc(C(F)(F)F)c1C)c1c(Cl)cc(Cl)cc1Cl.CC. The Balaban J connectivity index is 0.00000204. The first-order valence-electron chi connectivity index (χ1n) is 7.85. The molecule has 0 saturated carbocycles. The van der Waals surface area contributed by atoms with Crippen LogP contribution in [0.25, 0.3) is 5.70 Å².